The van der Waals surface area contributed by atoms with Crippen LogP contribution in [0.15, 0.2) is 58.2 Å². The van der Waals surface area contributed by atoms with Crippen LogP contribution in [0.3, 0.4) is 0 Å². The molecule has 1 atom stereocenters. The number of rotatable bonds is 6. The van der Waals surface area contributed by atoms with Gasteiger partial charge in [-0.05, 0) is 56.1 Å². The molecule has 1 amide bonds. The minimum Gasteiger partial charge on any atom is -0.411 e. The molecule has 1 aliphatic rings. The molecule has 0 aliphatic heterocycles. The average Bonchev–Trinajstić information content (AvgIpc) is 3.33. The van der Waals surface area contributed by atoms with Gasteiger partial charge in [0, 0.05) is 11.6 Å². The molecule has 1 N–H and O–H groups in total. The number of carbonyl (C=O) groups excluding carboxylic acids is 1. The van der Waals surface area contributed by atoms with Crippen LogP contribution in [0.5, 0.6) is 0 Å². The Balaban J connectivity index is 1.58. The number of nitrogens with one attached hydrogen (secondary N) is 1. The van der Waals surface area contributed by atoms with Gasteiger partial charge in [0.25, 0.3) is 5.22 Å². The second-order valence-electron chi connectivity index (χ2n) is 6.94. The molecule has 3 aromatic rings. The number of aromatic nitrogens is 2. The van der Waals surface area contributed by atoms with Gasteiger partial charge < -0.3 is 9.73 Å². The van der Waals surface area contributed by atoms with Crippen LogP contribution in [0.4, 0.5) is 0 Å². The number of benzene rings is 2. The third kappa shape index (κ3) is 4.39. The van der Waals surface area contributed by atoms with E-state index >= 15 is 0 Å². The first-order valence-corrected chi connectivity index (χ1v) is 9.90. The Kier molecular flexibility index (Phi) is 4.99. The summed E-state index contributed by atoms with van der Waals surface area (Å²) in [6, 6.07) is 16.1. The van der Waals surface area contributed by atoms with E-state index in [2.05, 4.69) is 21.6 Å². The van der Waals surface area contributed by atoms with Crippen LogP contribution < -0.4 is 5.32 Å². The highest BCUT2D eigenvalue weighted by atomic mass is 32.2. The normalized spacial score (nSPS) is 14.7. The number of carbonyl (C=O) groups is 1. The smallest absolute Gasteiger partial charge is 0.277 e. The van der Waals surface area contributed by atoms with E-state index in [1.54, 1.807) is 0 Å². The third-order valence-corrected chi connectivity index (χ3v) is 5.45. The minimum atomic E-state index is -0.417. The Morgan fingerprint density at radius 1 is 1.11 bits per heavy atom. The summed E-state index contributed by atoms with van der Waals surface area (Å²) < 4.78 is 5.86. The number of thioether (sulfide) groups is 1. The van der Waals surface area contributed by atoms with Gasteiger partial charge in [0.2, 0.25) is 11.8 Å². The quantitative estimate of drug-likeness (QED) is 0.640. The molecule has 0 radical (unpaired) electrons. The highest BCUT2D eigenvalue weighted by Gasteiger charge is 2.30. The lowest BCUT2D eigenvalue weighted by atomic mass is 10.1. The maximum atomic E-state index is 12.7. The third-order valence-electron chi connectivity index (χ3n) is 4.36. The number of aryl methyl sites for hydroxylation is 2. The van der Waals surface area contributed by atoms with Gasteiger partial charge >= 0.3 is 0 Å². The van der Waals surface area contributed by atoms with Crippen molar-refractivity contribution in [2.75, 3.05) is 0 Å². The minimum absolute atomic E-state index is 0.0140. The van der Waals surface area contributed by atoms with Crippen molar-refractivity contribution >= 4 is 17.7 Å². The zero-order chi connectivity index (χ0) is 18.8. The molecule has 1 heterocycles. The maximum Gasteiger partial charge on any atom is 0.277 e. The lowest BCUT2D eigenvalue weighted by molar-refractivity contribution is -0.120. The Labute approximate surface area is 162 Å². The molecular weight excluding hydrogens is 358 g/mol. The van der Waals surface area contributed by atoms with E-state index in [1.807, 2.05) is 56.3 Å². The topological polar surface area (TPSA) is 68.0 Å². The summed E-state index contributed by atoms with van der Waals surface area (Å²) in [6.45, 7) is 4.08. The molecule has 6 heteroatoms. The van der Waals surface area contributed by atoms with E-state index in [4.69, 9.17) is 4.42 Å². The highest BCUT2D eigenvalue weighted by Crippen LogP contribution is 2.36. The van der Waals surface area contributed by atoms with Crippen LogP contribution in [-0.4, -0.2) is 22.1 Å². The molecule has 1 fully saturated rings. The molecule has 2 aromatic carbocycles. The zero-order valence-electron chi connectivity index (χ0n) is 15.3. The Morgan fingerprint density at radius 2 is 1.81 bits per heavy atom. The first-order valence-electron chi connectivity index (χ1n) is 9.02. The molecule has 4 rings (SSSR count). The molecule has 0 unspecified atom stereocenters. The van der Waals surface area contributed by atoms with Crippen LogP contribution in [0.2, 0.25) is 0 Å². The van der Waals surface area contributed by atoms with E-state index in [0.717, 1.165) is 35.1 Å². The fraction of sp³-hybridized carbons (Fsp3) is 0.286. The van der Waals surface area contributed by atoms with E-state index in [-0.39, 0.29) is 5.91 Å². The molecular formula is C21H21N3O2S. The van der Waals surface area contributed by atoms with Crippen LogP contribution in [0, 0.1) is 13.8 Å². The first kappa shape index (κ1) is 17.8. The van der Waals surface area contributed by atoms with Crippen molar-refractivity contribution in [1.82, 2.24) is 15.5 Å². The van der Waals surface area contributed by atoms with Gasteiger partial charge in [-0.2, -0.15) is 0 Å². The standard InChI is InChI=1S/C21H21N3O2S/c1-13-10-14(2)12-16(11-13)20-23-24-21(26-20)27-18(15-6-4-3-5-7-15)19(25)22-17-8-9-17/h3-7,10-12,17-18H,8-9H2,1-2H3,(H,22,25)/t18-/m1/s1. The van der Waals surface area contributed by atoms with E-state index in [9.17, 15) is 4.79 Å². The van der Waals surface area contributed by atoms with Gasteiger partial charge in [0.1, 0.15) is 5.25 Å². The summed E-state index contributed by atoms with van der Waals surface area (Å²) >= 11 is 1.29. The van der Waals surface area contributed by atoms with E-state index < -0.39 is 5.25 Å². The lowest BCUT2D eigenvalue weighted by Gasteiger charge is -2.14. The molecule has 138 valence electrons. The van der Waals surface area contributed by atoms with Crippen molar-refractivity contribution in [3.8, 4) is 11.5 Å². The van der Waals surface area contributed by atoms with Crippen molar-refractivity contribution in [2.24, 2.45) is 0 Å². The lowest BCUT2D eigenvalue weighted by Crippen LogP contribution is -2.29. The number of hydrogen-bond acceptors (Lipinski definition) is 5. The van der Waals surface area contributed by atoms with Gasteiger partial charge in [-0.3, -0.25) is 4.79 Å². The van der Waals surface area contributed by atoms with Gasteiger partial charge in [-0.25, -0.2) is 0 Å². The van der Waals surface area contributed by atoms with Crippen LogP contribution in [-0.2, 0) is 4.79 Å². The molecule has 0 bridgehead atoms. The maximum absolute atomic E-state index is 12.7. The fourth-order valence-electron chi connectivity index (χ4n) is 2.98. The van der Waals surface area contributed by atoms with Crippen LogP contribution >= 0.6 is 11.8 Å². The molecule has 5 nitrogen and oxygen atoms in total. The Bertz CT molecular complexity index is 931. The van der Waals surface area contributed by atoms with Gasteiger partial charge in [-0.1, -0.05) is 47.5 Å². The molecule has 0 spiro atoms. The Hall–Kier alpha value is -2.60. The predicted molar refractivity (Wildman–Crippen MR) is 105 cm³/mol. The van der Waals surface area contributed by atoms with Gasteiger partial charge in [0.05, 0.1) is 0 Å². The van der Waals surface area contributed by atoms with Gasteiger partial charge in [0.15, 0.2) is 0 Å². The summed E-state index contributed by atoms with van der Waals surface area (Å²) in [6.07, 6.45) is 2.10. The second-order valence-corrected chi connectivity index (χ2v) is 8.00. The fourth-order valence-corrected chi connectivity index (χ4v) is 3.86. The number of nitrogens with zero attached hydrogens (tertiary/aromatic N) is 2. The van der Waals surface area contributed by atoms with Crippen molar-refractivity contribution in [2.45, 2.75) is 43.2 Å². The van der Waals surface area contributed by atoms with Gasteiger partial charge in [-0.15, -0.1) is 10.2 Å². The zero-order valence-corrected chi connectivity index (χ0v) is 16.1. The molecule has 27 heavy (non-hydrogen) atoms. The largest absolute Gasteiger partial charge is 0.411 e. The number of amides is 1. The highest BCUT2D eigenvalue weighted by molar-refractivity contribution is 8.00. The molecule has 1 aliphatic carbocycles. The summed E-state index contributed by atoms with van der Waals surface area (Å²) in [5, 5.41) is 11.4. The van der Waals surface area contributed by atoms with Crippen molar-refractivity contribution in [3.05, 3.63) is 65.2 Å². The summed E-state index contributed by atoms with van der Waals surface area (Å²) in [4.78, 5) is 12.7. The molecule has 0 saturated heterocycles. The van der Waals surface area contributed by atoms with E-state index in [0.29, 0.717) is 17.2 Å². The number of hydrogen-bond donors (Lipinski definition) is 1. The van der Waals surface area contributed by atoms with E-state index in [1.165, 1.54) is 11.8 Å². The predicted octanol–water partition coefficient (Wildman–Crippen LogP) is 4.47. The van der Waals surface area contributed by atoms with Crippen LogP contribution in [0.1, 0.15) is 34.8 Å². The second kappa shape index (κ2) is 7.56. The molecule has 1 saturated carbocycles. The summed E-state index contributed by atoms with van der Waals surface area (Å²) in [5.74, 6) is 0.457. The monoisotopic (exact) mass is 379 g/mol. The van der Waals surface area contributed by atoms with Crippen molar-refractivity contribution in [3.63, 3.8) is 0 Å². The van der Waals surface area contributed by atoms with Crippen molar-refractivity contribution in [1.29, 1.82) is 0 Å². The molecule has 1 aromatic heterocycles. The first-order chi connectivity index (χ1) is 13.1. The Morgan fingerprint density at radius 3 is 2.48 bits per heavy atom. The SMILES string of the molecule is Cc1cc(C)cc(-c2nnc(S[C@@H](C(=O)NC3CC3)c3ccccc3)o2)c1. The van der Waals surface area contributed by atoms with Crippen molar-refractivity contribution < 1.29 is 9.21 Å². The van der Waals surface area contributed by atoms with Crippen LogP contribution in [0.25, 0.3) is 11.5 Å². The summed E-state index contributed by atoms with van der Waals surface area (Å²) in [5.41, 5.74) is 4.10. The summed E-state index contributed by atoms with van der Waals surface area (Å²) in [7, 11) is 0. The average molecular weight is 379 g/mol.